The maximum absolute atomic E-state index is 13.3. The summed E-state index contributed by atoms with van der Waals surface area (Å²) >= 11 is 0. The number of ether oxygens (including phenoxy) is 2. The van der Waals surface area contributed by atoms with Gasteiger partial charge in [0.25, 0.3) is 0 Å². The van der Waals surface area contributed by atoms with E-state index in [0.29, 0.717) is 6.54 Å². The molecule has 186 valence electrons. The van der Waals surface area contributed by atoms with Crippen molar-refractivity contribution in [3.63, 3.8) is 0 Å². The van der Waals surface area contributed by atoms with Gasteiger partial charge >= 0.3 is 12.1 Å². The summed E-state index contributed by atoms with van der Waals surface area (Å²) in [6.45, 7) is 5.63. The second-order valence-electron chi connectivity index (χ2n) is 9.73. The minimum Gasteiger partial charge on any atom is -0.481 e. The quantitative estimate of drug-likeness (QED) is 0.629. The van der Waals surface area contributed by atoms with E-state index in [-0.39, 0.29) is 30.9 Å². The predicted octanol–water partition coefficient (Wildman–Crippen LogP) is 3.50. The van der Waals surface area contributed by atoms with Crippen molar-refractivity contribution < 1.29 is 29.0 Å². The molecule has 2 amide bonds. The topological polar surface area (TPSA) is 105 Å². The van der Waals surface area contributed by atoms with Crippen LogP contribution in [0.15, 0.2) is 48.5 Å². The van der Waals surface area contributed by atoms with Crippen LogP contribution in [0.4, 0.5) is 4.79 Å². The summed E-state index contributed by atoms with van der Waals surface area (Å²) in [4.78, 5) is 39.4. The molecule has 2 N–H and O–H groups in total. The molecule has 2 aromatic carbocycles. The maximum Gasteiger partial charge on any atom is 0.407 e. The normalized spacial score (nSPS) is 22.7. The molecular formula is C27H32N2O6. The van der Waals surface area contributed by atoms with Crippen LogP contribution >= 0.6 is 0 Å². The van der Waals surface area contributed by atoms with Gasteiger partial charge in [0.05, 0.1) is 11.5 Å². The monoisotopic (exact) mass is 480 g/mol. The second-order valence-corrected chi connectivity index (χ2v) is 9.73. The van der Waals surface area contributed by atoms with Gasteiger partial charge in [-0.1, -0.05) is 55.5 Å². The van der Waals surface area contributed by atoms with Crippen LogP contribution in [0.5, 0.6) is 0 Å². The number of carbonyl (C=O) groups excluding carboxylic acids is 2. The second kappa shape index (κ2) is 9.70. The fourth-order valence-electron chi connectivity index (χ4n) is 5.07. The number of hydrogen-bond donors (Lipinski definition) is 2. The smallest absolute Gasteiger partial charge is 0.407 e. The number of hydrogen-bond acceptors (Lipinski definition) is 5. The lowest BCUT2D eigenvalue weighted by molar-refractivity contribution is -0.149. The third kappa shape index (κ3) is 4.50. The van der Waals surface area contributed by atoms with E-state index in [1.807, 2.05) is 43.3 Å². The molecular weight excluding hydrogens is 448 g/mol. The average molecular weight is 481 g/mol. The van der Waals surface area contributed by atoms with E-state index in [1.54, 1.807) is 13.8 Å². The van der Waals surface area contributed by atoms with Crippen LogP contribution in [0.1, 0.15) is 37.8 Å². The number of alkyl carbamates (subject to hydrolysis) is 1. The Morgan fingerprint density at radius 1 is 1.11 bits per heavy atom. The molecule has 8 heteroatoms. The summed E-state index contributed by atoms with van der Waals surface area (Å²) in [5.41, 5.74) is 3.41. The lowest BCUT2D eigenvalue weighted by atomic mass is 9.81. The molecule has 1 aliphatic heterocycles. The highest BCUT2D eigenvalue weighted by Gasteiger charge is 2.49. The number of likely N-dealkylation sites (tertiary alicyclic amines) is 1. The fourth-order valence-corrected chi connectivity index (χ4v) is 5.07. The van der Waals surface area contributed by atoms with Crippen molar-refractivity contribution in [2.45, 2.75) is 38.8 Å². The van der Waals surface area contributed by atoms with E-state index in [9.17, 15) is 19.5 Å². The van der Waals surface area contributed by atoms with Crippen LogP contribution in [0.2, 0.25) is 0 Å². The van der Waals surface area contributed by atoms with Crippen molar-refractivity contribution in [2.24, 2.45) is 11.3 Å². The number of carboxylic acid groups (broad SMARTS) is 1. The highest BCUT2D eigenvalue weighted by atomic mass is 16.5. The van der Waals surface area contributed by atoms with Gasteiger partial charge in [0.15, 0.2) is 0 Å². The summed E-state index contributed by atoms with van der Waals surface area (Å²) in [6, 6.07) is 15.1. The molecule has 2 aromatic rings. The van der Waals surface area contributed by atoms with E-state index in [0.717, 1.165) is 22.3 Å². The number of nitrogens with one attached hydrogen (secondary N) is 1. The molecule has 0 unspecified atom stereocenters. The predicted molar refractivity (Wildman–Crippen MR) is 130 cm³/mol. The summed E-state index contributed by atoms with van der Waals surface area (Å²) in [5, 5.41) is 12.3. The van der Waals surface area contributed by atoms with Gasteiger partial charge in [0.1, 0.15) is 12.6 Å². The van der Waals surface area contributed by atoms with Gasteiger partial charge in [-0.3, -0.25) is 9.59 Å². The molecule has 0 bridgehead atoms. The number of carboxylic acids is 1. The zero-order chi connectivity index (χ0) is 25.3. The number of carbonyl (C=O) groups is 3. The van der Waals surface area contributed by atoms with Crippen LogP contribution in [0.25, 0.3) is 11.1 Å². The first-order valence-corrected chi connectivity index (χ1v) is 11.8. The summed E-state index contributed by atoms with van der Waals surface area (Å²) in [7, 11) is 1.46. The number of aliphatic carboxylic acids is 1. The summed E-state index contributed by atoms with van der Waals surface area (Å²) in [5.74, 6) is -1.65. The van der Waals surface area contributed by atoms with Gasteiger partial charge in [-0.05, 0) is 42.0 Å². The van der Waals surface area contributed by atoms with E-state index in [2.05, 4.69) is 17.4 Å². The number of fused-ring (bicyclic) bond motifs is 3. The largest absolute Gasteiger partial charge is 0.481 e. The first-order chi connectivity index (χ1) is 16.7. The number of amides is 2. The lowest BCUT2D eigenvalue weighted by Gasteiger charge is -2.28. The molecule has 1 fully saturated rings. The zero-order valence-electron chi connectivity index (χ0n) is 20.5. The van der Waals surface area contributed by atoms with Gasteiger partial charge in [0, 0.05) is 26.1 Å². The minimum atomic E-state index is -1.04. The Hall–Kier alpha value is -3.39. The molecule has 35 heavy (non-hydrogen) atoms. The minimum absolute atomic E-state index is 0.0711. The van der Waals surface area contributed by atoms with Gasteiger partial charge in [-0.15, -0.1) is 0 Å². The van der Waals surface area contributed by atoms with E-state index in [4.69, 9.17) is 9.47 Å². The Bertz CT molecular complexity index is 1090. The van der Waals surface area contributed by atoms with Crippen LogP contribution in [0, 0.1) is 11.3 Å². The average Bonchev–Trinajstić information content (AvgIpc) is 3.35. The van der Waals surface area contributed by atoms with E-state index < -0.39 is 29.6 Å². The van der Waals surface area contributed by atoms with E-state index in [1.165, 1.54) is 12.0 Å². The van der Waals surface area contributed by atoms with Gasteiger partial charge in [-0.25, -0.2) is 4.79 Å². The Balaban J connectivity index is 1.45. The Kier molecular flexibility index (Phi) is 6.85. The molecule has 1 saturated heterocycles. The van der Waals surface area contributed by atoms with Crippen LogP contribution in [-0.4, -0.2) is 66.9 Å². The number of benzene rings is 2. The van der Waals surface area contributed by atoms with Crippen molar-refractivity contribution in [2.75, 3.05) is 26.8 Å². The third-order valence-corrected chi connectivity index (χ3v) is 7.63. The third-order valence-electron chi connectivity index (χ3n) is 7.63. The van der Waals surface area contributed by atoms with Gasteiger partial charge in [0.2, 0.25) is 5.91 Å². The molecule has 1 aliphatic carbocycles. The standard InChI is InChI=1S/C27H32N2O6/c1-16-13-29(15-27(16,3)25(31)32)24(30)23(17(2)34-4)28-26(33)35-14-22-20-11-7-5-9-18(20)19-10-6-8-12-21(19)22/h5-12,16-17,22-23H,13-15H2,1-4H3,(H,28,33)(H,31,32)/t16-,17+,23-,27-/m0/s1. The molecule has 4 atom stereocenters. The number of nitrogens with zero attached hydrogens (tertiary/aromatic N) is 1. The van der Waals surface area contributed by atoms with Crippen LogP contribution < -0.4 is 5.32 Å². The summed E-state index contributed by atoms with van der Waals surface area (Å²) in [6.07, 6.45) is -1.35. The van der Waals surface area contributed by atoms with Crippen molar-refractivity contribution >= 4 is 18.0 Å². The Morgan fingerprint density at radius 3 is 2.20 bits per heavy atom. The lowest BCUT2D eigenvalue weighted by Crippen LogP contribution is -2.54. The Morgan fingerprint density at radius 2 is 1.69 bits per heavy atom. The van der Waals surface area contributed by atoms with Crippen molar-refractivity contribution in [3.05, 3.63) is 59.7 Å². The summed E-state index contributed by atoms with van der Waals surface area (Å²) < 4.78 is 11.0. The first kappa shape index (κ1) is 24.7. The first-order valence-electron chi connectivity index (χ1n) is 11.8. The molecule has 1 heterocycles. The van der Waals surface area contributed by atoms with Gasteiger partial charge in [-0.2, -0.15) is 0 Å². The molecule has 0 aromatic heterocycles. The zero-order valence-corrected chi connectivity index (χ0v) is 20.5. The molecule has 8 nitrogen and oxygen atoms in total. The van der Waals surface area contributed by atoms with Crippen LogP contribution in [-0.2, 0) is 19.1 Å². The highest BCUT2D eigenvalue weighted by molar-refractivity contribution is 5.88. The van der Waals surface area contributed by atoms with Gasteiger partial charge < -0.3 is 24.8 Å². The van der Waals surface area contributed by atoms with Crippen molar-refractivity contribution in [1.29, 1.82) is 0 Å². The van der Waals surface area contributed by atoms with Crippen molar-refractivity contribution in [1.82, 2.24) is 10.2 Å². The SMILES string of the molecule is CO[C@H](C)[C@H](NC(=O)OCC1c2ccccc2-c2ccccc21)C(=O)N1C[C@H](C)[C@@](C)(C(=O)O)C1. The van der Waals surface area contributed by atoms with Crippen molar-refractivity contribution in [3.8, 4) is 11.1 Å². The molecule has 0 saturated carbocycles. The van der Waals surface area contributed by atoms with Crippen LogP contribution in [0.3, 0.4) is 0 Å². The van der Waals surface area contributed by atoms with E-state index >= 15 is 0 Å². The highest BCUT2D eigenvalue weighted by Crippen LogP contribution is 2.44. The fraction of sp³-hybridized carbons (Fsp3) is 0.444. The molecule has 0 radical (unpaired) electrons. The molecule has 2 aliphatic rings. The molecule has 4 rings (SSSR count). The maximum atomic E-state index is 13.3. The Labute approximate surface area is 205 Å². The molecule has 0 spiro atoms. The number of rotatable bonds is 7. The number of methoxy groups -OCH3 is 1.